The van der Waals surface area contributed by atoms with Gasteiger partial charge in [0.05, 0.1) is 4.92 Å². The van der Waals surface area contributed by atoms with Crippen LogP contribution in [-0.4, -0.2) is 23.4 Å². The summed E-state index contributed by atoms with van der Waals surface area (Å²) in [4.78, 5) is 34.1. The van der Waals surface area contributed by atoms with Crippen molar-refractivity contribution in [2.24, 2.45) is 0 Å². The van der Waals surface area contributed by atoms with Gasteiger partial charge in [-0.3, -0.25) is 14.9 Å². The predicted molar refractivity (Wildman–Crippen MR) is 95.5 cm³/mol. The average molecular weight is 360 g/mol. The number of rotatable bonds is 6. The Hall–Kier alpha value is -3.00. The lowest BCUT2D eigenvalue weighted by Crippen LogP contribution is -2.21. The SMILES string of the molecule is Cc1ccc([N+](=O)[O-])c(NC(=O)COC(=O)/C=C/c2ccsc2)c1C. The summed E-state index contributed by atoms with van der Waals surface area (Å²) in [6, 6.07) is 4.77. The number of carbonyl (C=O) groups is 2. The number of benzene rings is 1. The van der Waals surface area contributed by atoms with Crippen LogP contribution in [0.5, 0.6) is 0 Å². The van der Waals surface area contributed by atoms with E-state index in [4.69, 9.17) is 4.74 Å². The van der Waals surface area contributed by atoms with Crippen LogP contribution in [0.2, 0.25) is 0 Å². The van der Waals surface area contributed by atoms with Crippen LogP contribution in [0.15, 0.2) is 35.0 Å². The Morgan fingerprint density at radius 3 is 2.72 bits per heavy atom. The number of ether oxygens (including phenoxy) is 1. The van der Waals surface area contributed by atoms with Crippen LogP contribution in [0.4, 0.5) is 11.4 Å². The van der Waals surface area contributed by atoms with Crippen molar-refractivity contribution in [1.29, 1.82) is 0 Å². The Morgan fingerprint density at radius 1 is 1.32 bits per heavy atom. The minimum atomic E-state index is -0.670. The van der Waals surface area contributed by atoms with E-state index in [1.54, 1.807) is 26.0 Å². The van der Waals surface area contributed by atoms with E-state index < -0.39 is 23.4 Å². The Kier molecular flexibility index (Phi) is 6.02. The number of aryl methyl sites for hydroxylation is 1. The molecule has 0 fully saturated rings. The van der Waals surface area contributed by atoms with Crippen molar-refractivity contribution in [3.63, 3.8) is 0 Å². The minimum Gasteiger partial charge on any atom is -0.452 e. The molecule has 0 atom stereocenters. The fraction of sp³-hybridized carbons (Fsp3) is 0.176. The van der Waals surface area contributed by atoms with E-state index in [9.17, 15) is 19.7 Å². The first-order valence-corrected chi connectivity index (χ1v) is 8.24. The van der Waals surface area contributed by atoms with E-state index in [1.807, 2.05) is 16.8 Å². The number of thiophene rings is 1. The second-order valence-corrected chi connectivity index (χ2v) is 5.98. The van der Waals surface area contributed by atoms with Crippen molar-refractivity contribution in [1.82, 2.24) is 0 Å². The molecule has 7 nitrogen and oxygen atoms in total. The molecule has 1 heterocycles. The molecular weight excluding hydrogens is 344 g/mol. The molecule has 0 unspecified atom stereocenters. The maximum Gasteiger partial charge on any atom is 0.331 e. The van der Waals surface area contributed by atoms with Gasteiger partial charge in [0.2, 0.25) is 0 Å². The van der Waals surface area contributed by atoms with Crippen LogP contribution in [0, 0.1) is 24.0 Å². The molecule has 0 aliphatic carbocycles. The van der Waals surface area contributed by atoms with Crippen LogP contribution >= 0.6 is 11.3 Å². The average Bonchev–Trinajstić information content (AvgIpc) is 3.08. The van der Waals surface area contributed by atoms with Crippen LogP contribution < -0.4 is 5.32 Å². The van der Waals surface area contributed by atoms with Gasteiger partial charge in [0, 0.05) is 12.1 Å². The maximum absolute atomic E-state index is 12.0. The van der Waals surface area contributed by atoms with Gasteiger partial charge in [0.15, 0.2) is 6.61 Å². The van der Waals surface area contributed by atoms with E-state index >= 15 is 0 Å². The lowest BCUT2D eigenvalue weighted by molar-refractivity contribution is -0.384. The number of carbonyl (C=O) groups excluding carboxylic acids is 2. The minimum absolute atomic E-state index is 0.111. The molecule has 1 N–H and O–H groups in total. The van der Waals surface area contributed by atoms with Gasteiger partial charge in [-0.25, -0.2) is 4.79 Å². The number of esters is 1. The second kappa shape index (κ2) is 8.20. The van der Waals surface area contributed by atoms with E-state index in [1.165, 1.54) is 23.5 Å². The standard InChI is InChI=1S/C17H16N2O5S/c1-11-3-5-14(19(22)23)17(12(11)2)18-15(20)9-24-16(21)6-4-13-7-8-25-10-13/h3-8,10H,9H2,1-2H3,(H,18,20)/b6-4+. The third-order valence-electron chi connectivity index (χ3n) is 3.48. The summed E-state index contributed by atoms with van der Waals surface area (Å²) in [7, 11) is 0. The highest BCUT2D eigenvalue weighted by atomic mass is 32.1. The van der Waals surface area contributed by atoms with E-state index in [0.29, 0.717) is 5.56 Å². The lowest BCUT2D eigenvalue weighted by Gasteiger charge is -2.11. The molecule has 25 heavy (non-hydrogen) atoms. The predicted octanol–water partition coefficient (Wildman–Crippen LogP) is 3.47. The van der Waals surface area contributed by atoms with Crippen molar-refractivity contribution < 1.29 is 19.2 Å². The molecular formula is C17H16N2O5S. The zero-order valence-electron chi connectivity index (χ0n) is 13.6. The second-order valence-electron chi connectivity index (χ2n) is 5.20. The molecule has 0 saturated carbocycles. The summed E-state index contributed by atoms with van der Waals surface area (Å²) in [5.41, 5.74) is 2.15. The number of amides is 1. The molecule has 0 spiro atoms. The van der Waals surface area contributed by atoms with E-state index in [-0.39, 0.29) is 11.4 Å². The number of nitro benzene ring substituents is 1. The molecule has 0 bridgehead atoms. The molecule has 2 aromatic rings. The summed E-state index contributed by atoms with van der Waals surface area (Å²) in [5, 5.41) is 17.3. The zero-order chi connectivity index (χ0) is 18.4. The molecule has 1 amide bonds. The number of hydrogen-bond acceptors (Lipinski definition) is 6. The van der Waals surface area contributed by atoms with Gasteiger partial charge in [-0.05, 0) is 53.4 Å². The first-order chi connectivity index (χ1) is 11.9. The first kappa shape index (κ1) is 18.3. The number of hydrogen-bond donors (Lipinski definition) is 1. The van der Waals surface area contributed by atoms with Gasteiger partial charge in [-0.2, -0.15) is 11.3 Å². The molecule has 0 radical (unpaired) electrons. The monoisotopic (exact) mass is 360 g/mol. The molecule has 130 valence electrons. The molecule has 2 rings (SSSR count). The van der Waals surface area contributed by atoms with Crippen molar-refractivity contribution in [3.05, 3.63) is 61.8 Å². The number of nitrogens with one attached hydrogen (secondary N) is 1. The zero-order valence-corrected chi connectivity index (χ0v) is 14.5. The highest BCUT2D eigenvalue weighted by Crippen LogP contribution is 2.30. The van der Waals surface area contributed by atoms with Crippen LogP contribution in [0.3, 0.4) is 0 Å². The van der Waals surface area contributed by atoms with Gasteiger partial charge in [0.25, 0.3) is 11.6 Å². The topological polar surface area (TPSA) is 98.5 Å². The molecule has 0 aliphatic heterocycles. The van der Waals surface area contributed by atoms with Gasteiger partial charge in [-0.1, -0.05) is 6.07 Å². The molecule has 1 aromatic carbocycles. The normalized spacial score (nSPS) is 10.6. The quantitative estimate of drug-likeness (QED) is 0.368. The van der Waals surface area contributed by atoms with Crippen molar-refractivity contribution in [2.45, 2.75) is 13.8 Å². The summed E-state index contributed by atoms with van der Waals surface area (Å²) >= 11 is 1.49. The first-order valence-electron chi connectivity index (χ1n) is 7.30. The molecule has 8 heteroatoms. The fourth-order valence-corrected chi connectivity index (χ4v) is 2.63. The molecule has 0 saturated heterocycles. The van der Waals surface area contributed by atoms with Crippen molar-refractivity contribution in [3.8, 4) is 0 Å². The molecule has 0 aliphatic rings. The summed E-state index contributed by atoms with van der Waals surface area (Å²) < 4.78 is 4.84. The Balaban J connectivity index is 1.98. The van der Waals surface area contributed by atoms with Crippen LogP contribution in [-0.2, 0) is 14.3 Å². The van der Waals surface area contributed by atoms with E-state index in [2.05, 4.69) is 5.32 Å². The van der Waals surface area contributed by atoms with Gasteiger partial charge in [0.1, 0.15) is 5.69 Å². The lowest BCUT2D eigenvalue weighted by atomic mass is 10.1. The number of nitro groups is 1. The van der Waals surface area contributed by atoms with Gasteiger partial charge in [-0.15, -0.1) is 0 Å². The van der Waals surface area contributed by atoms with E-state index in [0.717, 1.165) is 11.1 Å². The van der Waals surface area contributed by atoms with Crippen LogP contribution in [0.25, 0.3) is 6.08 Å². The fourth-order valence-electron chi connectivity index (χ4n) is 2.01. The Labute approximate surface area is 148 Å². The smallest absolute Gasteiger partial charge is 0.331 e. The van der Waals surface area contributed by atoms with Gasteiger partial charge >= 0.3 is 5.97 Å². The summed E-state index contributed by atoms with van der Waals surface area (Å²) in [6.07, 6.45) is 2.79. The largest absolute Gasteiger partial charge is 0.452 e. The highest BCUT2D eigenvalue weighted by Gasteiger charge is 2.19. The van der Waals surface area contributed by atoms with Crippen LogP contribution in [0.1, 0.15) is 16.7 Å². The molecule has 1 aromatic heterocycles. The maximum atomic E-state index is 12.0. The summed E-state index contributed by atoms with van der Waals surface area (Å²) in [6.45, 7) is 2.93. The summed E-state index contributed by atoms with van der Waals surface area (Å²) in [5.74, 6) is -1.31. The van der Waals surface area contributed by atoms with Crippen molar-refractivity contribution >= 4 is 40.7 Å². The third kappa shape index (κ3) is 4.98. The number of anilines is 1. The van der Waals surface area contributed by atoms with Gasteiger partial charge < -0.3 is 10.1 Å². The third-order valence-corrected chi connectivity index (χ3v) is 4.18. The highest BCUT2D eigenvalue weighted by molar-refractivity contribution is 7.08. The van der Waals surface area contributed by atoms with Crippen molar-refractivity contribution in [2.75, 3.05) is 11.9 Å². The Bertz CT molecular complexity index is 828. The Morgan fingerprint density at radius 2 is 2.08 bits per heavy atom. The number of nitrogens with zero attached hydrogens (tertiary/aromatic N) is 1.